The fraction of sp³-hybridized carbons (Fsp3) is 0.222. The van der Waals surface area contributed by atoms with Crippen molar-refractivity contribution in [2.24, 2.45) is 0 Å². The third-order valence-electron chi connectivity index (χ3n) is 3.74. The second-order valence-electron chi connectivity index (χ2n) is 5.70. The number of nitrogens with one attached hydrogen (secondary N) is 1. The molecular weight excluding hydrogens is 372 g/mol. The van der Waals surface area contributed by atoms with Crippen LogP contribution in [0.4, 0.5) is 0 Å². The third kappa shape index (κ3) is 4.03. The van der Waals surface area contributed by atoms with Crippen LogP contribution in [0.25, 0.3) is 10.9 Å². The van der Waals surface area contributed by atoms with Crippen LogP contribution in [-0.2, 0) is 14.6 Å². The van der Waals surface area contributed by atoms with E-state index < -0.39 is 15.8 Å². The highest BCUT2D eigenvalue weighted by atomic mass is 32.2. The van der Waals surface area contributed by atoms with Crippen molar-refractivity contribution >= 4 is 26.7 Å². The van der Waals surface area contributed by atoms with E-state index in [1.807, 2.05) is 0 Å². The van der Waals surface area contributed by atoms with Gasteiger partial charge in [0.2, 0.25) is 5.88 Å². The summed E-state index contributed by atoms with van der Waals surface area (Å²) in [4.78, 5) is 19.0. The molecule has 0 unspecified atom stereocenters. The normalized spacial score (nSPS) is 11.4. The topological polar surface area (TPSA) is 108 Å². The number of hydrogen-bond donors (Lipinski definition) is 1. The first-order chi connectivity index (χ1) is 12.8. The van der Waals surface area contributed by atoms with Gasteiger partial charge in [0.1, 0.15) is 17.2 Å². The minimum Gasteiger partial charge on any atom is -0.494 e. The van der Waals surface area contributed by atoms with Crippen molar-refractivity contribution in [2.45, 2.75) is 11.8 Å². The maximum Gasteiger partial charge on any atom is 0.354 e. The first kappa shape index (κ1) is 18.7. The van der Waals surface area contributed by atoms with Gasteiger partial charge in [0.15, 0.2) is 9.84 Å². The van der Waals surface area contributed by atoms with E-state index >= 15 is 0 Å². The van der Waals surface area contributed by atoms with Crippen LogP contribution in [0.5, 0.6) is 17.4 Å². The van der Waals surface area contributed by atoms with Gasteiger partial charge in [0.25, 0.3) is 0 Å². The Morgan fingerprint density at radius 2 is 2.00 bits per heavy atom. The Bertz CT molecular complexity index is 1090. The Hall–Kier alpha value is -3.07. The summed E-state index contributed by atoms with van der Waals surface area (Å²) < 4.78 is 39.0. The first-order valence-electron chi connectivity index (χ1n) is 8.03. The molecule has 0 fully saturated rings. The molecule has 0 atom stereocenters. The van der Waals surface area contributed by atoms with Crippen molar-refractivity contribution in [2.75, 3.05) is 20.0 Å². The molecule has 0 aliphatic rings. The predicted molar refractivity (Wildman–Crippen MR) is 98.2 cm³/mol. The fourth-order valence-electron chi connectivity index (χ4n) is 2.49. The van der Waals surface area contributed by atoms with Gasteiger partial charge in [-0.3, -0.25) is 0 Å². The number of carbonyl (C=O) groups excluding carboxylic acids is 1. The number of fused-ring (bicyclic) bond motifs is 1. The highest BCUT2D eigenvalue weighted by Gasteiger charge is 2.15. The average molecular weight is 390 g/mol. The van der Waals surface area contributed by atoms with E-state index in [0.717, 1.165) is 6.26 Å². The number of sulfone groups is 1. The third-order valence-corrected chi connectivity index (χ3v) is 4.84. The molecule has 142 valence electrons. The minimum absolute atomic E-state index is 0.104. The Kier molecular flexibility index (Phi) is 5.04. The molecule has 1 N–H and O–H groups in total. The van der Waals surface area contributed by atoms with Gasteiger partial charge in [-0.25, -0.2) is 18.2 Å². The molecule has 0 radical (unpaired) electrons. The van der Waals surface area contributed by atoms with E-state index in [2.05, 4.69) is 9.97 Å². The van der Waals surface area contributed by atoms with E-state index in [-0.39, 0.29) is 17.4 Å². The summed E-state index contributed by atoms with van der Waals surface area (Å²) >= 11 is 0. The van der Waals surface area contributed by atoms with Crippen LogP contribution in [0.15, 0.2) is 41.4 Å². The van der Waals surface area contributed by atoms with E-state index in [4.69, 9.17) is 14.2 Å². The maximum absolute atomic E-state index is 11.9. The highest BCUT2D eigenvalue weighted by Crippen LogP contribution is 2.33. The number of esters is 1. The smallest absolute Gasteiger partial charge is 0.354 e. The number of rotatable bonds is 6. The molecule has 3 aromatic rings. The van der Waals surface area contributed by atoms with Crippen LogP contribution in [0.3, 0.4) is 0 Å². The van der Waals surface area contributed by atoms with Gasteiger partial charge in [-0.15, -0.1) is 0 Å². The molecule has 0 bridgehead atoms. The molecule has 3 rings (SSSR count). The summed E-state index contributed by atoms with van der Waals surface area (Å²) in [6.45, 7) is 2.00. The molecule has 2 heterocycles. The zero-order valence-electron chi connectivity index (χ0n) is 15.0. The van der Waals surface area contributed by atoms with Crippen LogP contribution in [0.1, 0.15) is 17.4 Å². The monoisotopic (exact) mass is 390 g/mol. The van der Waals surface area contributed by atoms with Gasteiger partial charge < -0.3 is 19.2 Å². The lowest BCUT2D eigenvalue weighted by Crippen LogP contribution is -2.04. The molecule has 0 amide bonds. The standard InChI is InChI=1S/C18H18N2O6S/c1-4-25-18(21)14-8-11-7-12(9-15(24-2)17(11)20-14)26-16-6-5-13(10-19-16)27(3,22)23/h5-10,20H,4H2,1-3H3. The average Bonchev–Trinajstić information content (AvgIpc) is 3.05. The van der Waals surface area contributed by atoms with E-state index in [1.54, 1.807) is 25.1 Å². The summed E-state index contributed by atoms with van der Waals surface area (Å²) in [5.41, 5.74) is 0.936. The molecule has 0 saturated heterocycles. The molecule has 2 aromatic heterocycles. The molecule has 8 nitrogen and oxygen atoms in total. The quantitative estimate of drug-likeness (QED) is 0.645. The molecule has 1 aromatic carbocycles. The van der Waals surface area contributed by atoms with Crippen LogP contribution < -0.4 is 9.47 Å². The zero-order chi connectivity index (χ0) is 19.6. The molecule has 27 heavy (non-hydrogen) atoms. The number of methoxy groups -OCH3 is 1. The summed E-state index contributed by atoms with van der Waals surface area (Å²) in [6, 6.07) is 7.88. The summed E-state index contributed by atoms with van der Waals surface area (Å²) in [7, 11) is -1.83. The molecule has 9 heteroatoms. The van der Waals surface area contributed by atoms with Gasteiger partial charge >= 0.3 is 5.97 Å². The van der Waals surface area contributed by atoms with Crippen molar-refractivity contribution in [3.05, 3.63) is 42.2 Å². The molecule has 0 spiro atoms. The van der Waals surface area contributed by atoms with Gasteiger partial charge in [0, 0.05) is 30.0 Å². The Labute approximate surface area is 156 Å². The van der Waals surface area contributed by atoms with Crippen LogP contribution >= 0.6 is 0 Å². The zero-order valence-corrected chi connectivity index (χ0v) is 15.8. The van der Waals surface area contributed by atoms with E-state index in [9.17, 15) is 13.2 Å². The van der Waals surface area contributed by atoms with E-state index in [1.165, 1.54) is 25.4 Å². The van der Waals surface area contributed by atoms with Gasteiger partial charge in [-0.05, 0) is 25.1 Å². The molecule has 0 saturated carbocycles. The SMILES string of the molecule is CCOC(=O)c1cc2cc(Oc3ccc(S(C)(=O)=O)cn3)cc(OC)c2[nH]1. The number of benzene rings is 1. The lowest BCUT2D eigenvalue weighted by atomic mass is 10.2. The number of H-pyrrole nitrogens is 1. The van der Waals surface area contributed by atoms with Crippen molar-refractivity contribution < 1.29 is 27.4 Å². The first-order valence-corrected chi connectivity index (χ1v) is 9.92. The van der Waals surface area contributed by atoms with E-state index in [0.29, 0.717) is 28.1 Å². The maximum atomic E-state index is 11.9. The second kappa shape index (κ2) is 7.28. The van der Waals surface area contributed by atoms with Crippen LogP contribution in [0.2, 0.25) is 0 Å². The summed E-state index contributed by atoms with van der Waals surface area (Å²) in [5, 5.41) is 0.695. The number of carbonyl (C=O) groups is 1. The molecule has 0 aliphatic carbocycles. The van der Waals surface area contributed by atoms with Gasteiger partial charge in [0.05, 0.1) is 24.1 Å². The number of nitrogens with zero attached hydrogens (tertiary/aromatic N) is 1. The number of hydrogen-bond acceptors (Lipinski definition) is 7. The lowest BCUT2D eigenvalue weighted by molar-refractivity contribution is 0.0520. The second-order valence-corrected chi connectivity index (χ2v) is 7.72. The summed E-state index contributed by atoms with van der Waals surface area (Å²) in [6.07, 6.45) is 2.34. The van der Waals surface area contributed by atoms with Crippen molar-refractivity contribution in [3.8, 4) is 17.4 Å². The van der Waals surface area contributed by atoms with Crippen molar-refractivity contribution in [1.82, 2.24) is 9.97 Å². The van der Waals surface area contributed by atoms with Gasteiger partial charge in [-0.2, -0.15) is 0 Å². The van der Waals surface area contributed by atoms with Crippen molar-refractivity contribution in [3.63, 3.8) is 0 Å². The largest absolute Gasteiger partial charge is 0.494 e. The number of pyridine rings is 1. The molecule has 0 aliphatic heterocycles. The summed E-state index contributed by atoms with van der Waals surface area (Å²) in [5.74, 6) is 0.667. The molecular formula is C18H18N2O6S. The minimum atomic E-state index is -3.33. The Morgan fingerprint density at radius 3 is 2.59 bits per heavy atom. The van der Waals surface area contributed by atoms with Crippen molar-refractivity contribution in [1.29, 1.82) is 0 Å². The highest BCUT2D eigenvalue weighted by molar-refractivity contribution is 7.90. The Balaban J connectivity index is 1.94. The number of aromatic amines is 1. The fourth-order valence-corrected chi connectivity index (χ4v) is 3.05. The number of ether oxygens (including phenoxy) is 3. The van der Waals surface area contributed by atoms with Crippen LogP contribution in [0, 0.1) is 0 Å². The lowest BCUT2D eigenvalue weighted by Gasteiger charge is -2.08. The number of aromatic nitrogens is 2. The predicted octanol–water partition coefficient (Wildman–Crippen LogP) is 2.94. The van der Waals surface area contributed by atoms with Crippen LogP contribution in [-0.4, -0.2) is 44.3 Å². The van der Waals surface area contributed by atoms with Gasteiger partial charge in [-0.1, -0.05) is 0 Å². The Morgan fingerprint density at radius 1 is 1.22 bits per heavy atom.